The summed E-state index contributed by atoms with van der Waals surface area (Å²) >= 11 is 5.88. The smallest absolute Gasteiger partial charge is 0.353 e. The molecule has 1 fully saturated rings. The largest absolute Gasteiger partial charge is 0.417 e. The van der Waals surface area contributed by atoms with Gasteiger partial charge in [0.1, 0.15) is 5.82 Å². The first-order valence-corrected chi connectivity index (χ1v) is 6.66. The third kappa shape index (κ3) is 5.56. The van der Waals surface area contributed by atoms with Crippen molar-refractivity contribution in [2.24, 2.45) is 5.73 Å². The lowest BCUT2D eigenvalue weighted by Crippen LogP contribution is -2.40. The Bertz CT molecular complexity index is 545. The van der Waals surface area contributed by atoms with Gasteiger partial charge in [-0.25, -0.2) is 4.98 Å². The Kier molecular flexibility index (Phi) is 8.40. The zero-order valence-corrected chi connectivity index (χ0v) is 14.2. The minimum Gasteiger partial charge on any atom is -0.353 e. The van der Waals surface area contributed by atoms with E-state index >= 15 is 0 Å². The van der Waals surface area contributed by atoms with Gasteiger partial charge in [-0.15, -0.1) is 24.8 Å². The fraction of sp³-hybridized carbons (Fsp3) is 0.500. The number of hydrogen-bond acceptors (Lipinski definition) is 4. The van der Waals surface area contributed by atoms with Crippen LogP contribution in [0.3, 0.4) is 0 Å². The minimum atomic E-state index is -4.47. The van der Waals surface area contributed by atoms with Gasteiger partial charge in [0.2, 0.25) is 5.91 Å². The summed E-state index contributed by atoms with van der Waals surface area (Å²) in [5, 5.41) is 2.67. The van der Waals surface area contributed by atoms with Gasteiger partial charge in [-0.1, -0.05) is 11.6 Å². The lowest BCUT2D eigenvalue weighted by atomic mass is 10.2. The first kappa shape index (κ1) is 22.0. The Morgan fingerprint density at radius 1 is 1.48 bits per heavy atom. The van der Waals surface area contributed by atoms with Gasteiger partial charge in [0.05, 0.1) is 17.1 Å². The summed E-state index contributed by atoms with van der Waals surface area (Å²) in [7, 11) is 0. The second kappa shape index (κ2) is 8.77. The molecular weight excluding hydrogens is 380 g/mol. The number of rotatable bonds is 3. The Labute approximate surface area is 148 Å². The number of nitrogens with one attached hydrogen (secondary N) is 1. The van der Waals surface area contributed by atoms with Gasteiger partial charge in [0.15, 0.2) is 0 Å². The van der Waals surface area contributed by atoms with Crippen LogP contribution in [0.25, 0.3) is 0 Å². The van der Waals surface area contributed by atoms with Crippen molar-refractivity contribution >= 4 is 48.1 Å². The highest BCUT2D eigenvalue weighted by Gasteiger charge is 2.33. The molecule has 0 aliphatic carbocycles. The number of anilines is 1. The fourth-order valence-corrected chi connectivity index (χ4v) is 2.46. The van der Waals surface area contributed by atoms with E-state index in [-0.39, 0.29) is 54.1 Å². The highest BCUT2D eigenvalue weighted by molar-refractivity contribution is 6.33. The predicted molar refractivity (Wildman–Crippen MR) is 86.6 cm³/mol. The molecule has 0 saturated carbocycles. The normalized spacial score (nSPS) is 17.3. The first-order chi connectivity index (χ1) is 9.81. The van der Waals surface area contributed by atoms with Crippen molar-refractivity contribution in [2.75, 3.05) is 24.5 Å². The second-order valence-electron chi connectivity index (χ2n) is 4.73. The van der Waals surface area contributed by atoms with Crippen LogP contribution in [0.15, 0.2) is 12.3 Å². The van der Waals surface area contributed by atoms with Crippen LogP contribution in [-0.2, 0) is 11.0 Å². The third-order valence-electron chi connectivity index (χ3n) is 3.19. The quantitative estimate of drug-likeness (QED) is 0.823. The zero-order chi connectivity index (χ0) is 15.6. The summed E-state index contributed by atoms with van der Waals surface area (Å²) < 4.78 is 37.6. The molecule has 0 spiro atoms. The molecular formula is C12H16Cl3F3N4O. The van der Waals surface area contributed by atoms with E-state index < -0.39 is 11.7 Å². The predicted octanol–water partition coefficient (Wildman–Crippen LogP) is 2.25. The molecule has 2 rings (SSSR count). The number of pyridine rings is 1. The second-order valence-corrected chi connectivity index (χ2v) is 5.14. The molecule has 3 N–H and O–H groups in total. The highest BCUT2D eigenvalue weighted by atomic mass is 35.5. The molecule has 23 heavy (non-hydrogen) atoms. The van der Waals surface area contributed by atoms with Crippen LogP contribution < -0.4 is 16.0 Å². The molecule has 11 heteroatoms. The van der Waals surface area contributed by atoms with E-state index in [0.717, 1.165) is 12.3 Å². The Morgan fingerprint density at radius 3 is 2.65 bits per heavy atom. The van der Waals surface area contributed by atoms with E-state index in [1.807, 2.05) is 0 Å². The number of aromatic nitrogens is 1. The van der Waals surface area contributed by atoms with Gasteiger partial charge in [0, 0.05) is 25.3 Å². The van der Waals surface area contributed by atoms with Crippen molar-refractivity contribution in [1.29, 1.82) is 0 Å². The van der Waals surface area contributed by atoms with E-state index in [2.05, 4.69) is 10.3 Å². The van der Waals surface area contributed by atoms with Crippen LogP contribution in [0.5, 0.6) is 0 Å². The standard InChI is InChI=1S/C12H14ClF3N4O.2ClH/c13-9-3-7(12(14,15)16)5-18-11(9)20-2-1-8(6-20)19-10(21)4-17;;/h3,5,8H,1-2,4,6,17H2,(H,19,21);2*1H. The molecule has 1 aromatic rings. The average Bonchev–Trinajstić information content (AvgIpc) is 2.85. The molecule has 0 radical (unpaired) electrons. The molecule has 1 saturated heterocycles. The summed E-state index contributed by atoms with van der Waals surface area (Å²) in [4.78, 5) is 16.7. The molecule has 5 nitrogen and oxygen atoms in total. The zero-order valence-electron chi connectivity index (χ0n) is 11.8. The molecule has 1 atom stereocenters. The van der Waals surface area contributed by atoms with Gasteiger partial charge >= 0.3 is 6.18 Å². The number of carbonyl (C=O) groups excluding carboxylic acids is 1. The first-order valence-electron chi connectivity index (χ1n) is 6.28. The van der Waals surface area contributed by atoms with Gasteiger partial charge in [-0.2, -0.15) is 13.2 Å². The van der Waals surface area contributed by atoms with Crippen LogP contribution in [-0.4, -0.2) is 36.6 Å². The van der Waals surface area contributed by atoms with E-state index in [1.165, 1.54) is 0 Å². The molecule has 1 aromatic heterocycles. The summed E-state index contributed by atoms with van der Waals surface area (Å²) in [6.45, 7) is 0.882. The number of nitrogens with zero attached hydrogens (tertiary/aromatic N) is 2. The van der Waals surface area contributed by atoms with Crippen LogP contribution in [0.2, 0.25) is 5.02 Å². The average molecular weight is 396 g/mol. The van der Waals surface area contributed by atoms with E-state index in [4.69, 9.17) is 17.3 Å². The SMILES string of the molecule is Cl.Cl.NCC(=O)NC1CCN(c2ncc(C(F)(F)F)cc2Cl)C1. The Morgan fingerprint density at radius 2 is 2.13 bits per heavy atom. The van der Waals surface area contributed by atoms with Crippen molar-refractivity contribution < 1.29 is 18.0 Å². The summed E-state index contributed by atoms with van der Waals surface area (Å²) in [6.07, 6.45) is -3.06. The number of carbonyl (C=O) groups is 1. The summed E-state index contributed by atoms with van der Waals surface area (Å²) in [5.41, 5.74) is 4.33. The molecule has 1 aliphatic rings. The van der Waals surface area contributed by atoms with Gasteiger partial charge in [-0.05, 0) is 12.5 Å². The lowest BCUT2D eigenvalue weighted by Gasteiger charge is -2.20. The molecule has 0 bridgehead atoms. The third-order valence-corrected chi connectivity index (χ3v) is 3.47. The van der Waals surface area contributed by atoms with Crippen LogP contribution in [0, 0.1) is 0 Å². The monoisotopic (exact) mass is 394 g/mol. The van der Waals surface area contributed by atoms with E-state index in [0.29, 0.717) is 19.5 Å². The van der Waals surface area contributed by atoms with Crippen LogP contribution >= 0.6 is 36.4 Å². The van der Waals surface area contributed by atoms with Crippen molar-refractivity contribution in [3.8, 4) is 0 Å². The summed E-state index contributed by atoms with van der Waals surface area (Å²) in [5.74, 6) is 0.0162. The fourth-order valence-electron chi connectivity index (χ4n) is 2.18. The topological polar surface area (TPSA) is 71.2 Å². The number of nitrogens with two attached hydrogens (primary N) is 1. The van der Waals surface area contributed by atoms with Crippen LogP contribution in [0.1, 0.15) is 12.0 Å². The minimum absolute atomic E-state index is 0. The van der Waals surface area contributed by atoms with Crippen molar-refractivity contribution in [3.05, 3.63) is 22.8 Å². The van der Waals surface area contributed by atoms with Gasteiger partial charge < -0.3 is 16.0 Å². The molecule has 1 aliphatic heterocycles. The van der Waals surface area contributed by atoms with Crippen molar-refractivity contribution in [1.82, 2.24) is 10.3 Å². The maximum atomic E-state index is 12.5. The van der Waals surface area contributed by atoms with Gasteiger partial charge in [0.25, 0.3) is 0 Å². The van der Waals surface area contributed by atoms with Crippen molar-refractivity contribution in [2.45, 2.75) is 18.6 Å². The Hall–Kier alpha value is -0.960. The Balaban J connectivity index is 0.00000242. The molecule has 2 heterocycles. The van der Waals surface area contributed by atoms with Crippen LogP contribution in [0.4, 0.5) is 19.0 Å². The summed E-state index contributed by atoms with van der Waals surface area (Å²) in [6, 6.07) is 0.747. The van der Waals surface area contributed by atoms with E-state index in [9.17, 15) is 18.0 Å². The molecule has 1 unspecified atom stereocenters. The molecule has 1 amide bonds. The number of amides is 1. The number of hydrogen-bond donors (Lipinski definition) is 2. The van der Waals surface area contributed by atoms with Crippen molar-refractivity contribution in [3.63, 3.8) is 0 Å². The maximum absolute atomic E-state index is 12.5. The van der Waals surface area contributed by atoms with Gasteiger partial charge in [-0.3, -0.25) is 4.79 Å². The molecule has 132 valence electrons. The maximum Gasteiger partial charge on any atom is 0.417 e. The number of alkyl halides is 3. The lowest BCUT2D eigenvalue weighted by molar-refractivity contribution is -0.137. The highest BCUT2D eigenvalue weighted by Crippen LogP contribution is 2.34. The molecule has 0 aromatic carbocycles. The number of halogens is 6. The van der Waals surface area contributed by atoms with E-state index in [1.54, 1.807) is 4.90 Å².